The van der Waals surface area contributed by atoms with Crippen LogP contribution >= 0.6 is 0 Å². The highest BCUT2D eigenvalue weighted by Gasteiger charge is 2.24. The van der Waals surface area contributed by atoms with Crippen molar-refractivity contribution in [2.75, 3.05) is 18.6 Å². The smallest absolute Gasteiger partial charge is 0.225 e. The molecule has 0 aliphatic rings. The zero-order valence-electron chi connectivity index (χ0n) is 9.15. The Morgan fingerprint density at radius 2 is 2.14 bits per heavy atom. The molecule has 0 spiro atoms. The molecular formula is C10H17N3O. The van der Waals surface area contributed by atoms with E-state index in [0.717, 1.165) is 5.69 Å². The van der Waals surface area contributed by atoms with Gasteiger partial charge in [0.1, 0.15) is 0 Å². The minimum absolute atomic E-state index is 0.0702. The maximum atomic E-state index is 9.20. The molecule has 0 bridgehead atoms. The number of anilines is 1. The lowest BCUT2D eigenvalue weighted by molar-refractivity contribution is 0.215. The van der Waals surface area contributed by atoms with Gasteiger partial charge in [0.25, 0.3) is 0 Å². The first-order chi connectivity index (χ1) is 6.47. The third-order valence-corrected chi connectivity index (χ3v) is 2.38. The maximum Gasteiger partial charge on any atom is 0.225 e. The fraction of sp³-hybridized carbons (Fsp3) is 0.600. The summed E-state index contributed by atoms with van der Waals surface area (Å²) in [6.45, 7) is 5.88. The molecule has 14 heavy (non-hydrogen) atoms. The average molecular weight is 195 g/mol. The van der Waals surface area contributed by atoms with Gasteiger partial charge in [0, 0.05) is 18.9 Å². The fourth-order valence-electron chi connectivity index (χ4n) is 0.974. The van der Waals surface area contributed by atoms with E-state index in [1.807, 2.05) is 38.8 Å². The largest absolute Gasteiger partial charge is 0.394 e. The van der Waals surface area contributed by atoms with Crippen LogP contribution in [0.3, 0.4) is 0 Å². The lowest BCUT2D eigenvalue weighted by atomic mass is 10.1. The highest BCUT2D eigenvalue weighted by molar-refractivity contribution is 5.32. The normalized spacial score (nSPS) is 11.5. The Bertz CT molecular complexity index is 312. The van der Waals surface area contributed by atoms with Crippen LogP contribution in [0.2, 0.25) is 0 Å². The van der Waals surface area contributed by atoms with Gasteiger partial charge >= 0.3 is 0 Å². The molecule has 0 radical (unpaired) electrons. The van der Waals surface area contributed by atoms with Crippen LogP contribution in [0.5, 0.6) is 0 Å². The summed E-state index contributed by atoms with van der Waals surface area (Å²) in [5.74, 6) is 0.643. The summed E-state index contributed by atoms with van der Waals surface area (Å²) in [4.78, 5) is 10.3. The summed E-state index contributed by atoms with van der Waals surface area (Å²) < 4.78 is 0. The van der Waals surface area contributed by atoms with Gasteiger partial charge in [-0.2, -0.15) is 0 Å². The Morgan fingerprint density at radius 3 is 2.64 bits per heavy atom. The molecule has 0 atom stereocenters. The Hall–Kier alpha value is -1.16. The van der Waals surface area contributed by atoms with E-state index in [2.05, 4.69) is 9.97 Å². The number of aromatic nitrogens is 2. The average Bonchev–Trinajstić information content (AvgIpc) is 2.16. The number of hydrogen-bond acceptors (Lipinski definition) is 4. The third kappa shape index (κ3) is 2.20. The van der Waals surface area contributed by atoms with E-state index in [1.54, 1.807) is 6.20 Å². The molecule has 4 nitrogen and oxygen atoms in total. The van der Waals surface area contributed by atoms with E-state index in [-0.39, 0.29) is 12.1 Å². The zero-order valence-corrected chi connectivity index (χ0v) is 9.15. The Labute approximate surface area is 84.6 Å². The summed E-state index contributed by atoms with van der Waals surface area (Å²) >= 11 is 0. The predicted octanol–water partition coefficient (Wildman–Crippen LogP) is 0.992. The predicted molar refractivity (Wildman–Crippen MR) is 56.3 cm³/mol. The standard InChI is InChI=1S/C10H17N3O/c1-8-5-6-11-9(12-8)13(4)10(2,3)7-14/h5-6,14H,7H2,1-4H3. The summed E-state index contributed by atoms with van der Waals surface area (Å²) in [7, 11) is 1.88. The Kier molecular flexibility index (Phi) is 3.06. The first kappa shape index (κ1) is 10.9. The summed E-state index contributed by atoms with van der Waals surface area (Å²) in [5, 5.41) is 9.20. The molecule has 4 heteroatoms. The lowest BCUT2D eigenvalue weighted by Crippen LogP contribution is -2.45. The van der Waals surface area contributed by atoms with Crippen LogP contribution in [0.15, 0.2) is 12.3 Å². The van der Waals surface area contributed by atoms with Crippen molar-refractivity contribution >= 4 is 5.95 Å². The van der Waals surface area contributed by atoms with Crippen molar-refractivity contribution in [3.05, 3.63) is 18.0 Å². The molecule has 0 saturated carbocycles. The fourth-order valence-corrected chi connectivity index (χ4v) is 0.974. The molecule has 0 aliphatic carbocycles. The number of hydrogen-bond donors (Lipinski definition) is 1. The van der Waals surface area contributed by atoms with Crippen molar-refractivity contribution in [2.45, 2.75) is 26.3 Å². The Morgan fingerprint density at radius 1 is 1.50 bits per heavy atom. The molecule has 0 amide bonds. The molecule has 0 saturated heterocycles. The number of rotatable bonds is 3. The molecule has 0 unspecified atom stereocenters. The number of aryl methyl sites for hydroxylation is 1. The lowest BCUT2D eigenvalue weighted by Gasteiger charge is -2.33. The topological polar surface area (TPSA) is 49.2 Å². The molecule has 1 rings (SSSR count). The minimum atomic E-state index is -0.339. The van der Waals surface area contributed by atoms with Crippen molar-refractivity contribution in [3.8, 4) is 0 Å². The van der Waals surface area contributed by atoms with E-state index in [9.17, 15) is 5.11 Å². The summed E-state index contributed by atoms with van der Waals surface area (Å²) in [6.07, 6.45) is 1.72. The second-order valence-electron chi connectivity index (χ2n) is 4.03. The SMILES string of the molecule is Cc1ccnc(N(C)C(C)(C)CO)n1. The quantitative estimate of drug-likeness (QED) is 0.781. The molecule has 1 aromatic rings. The molecule has 0 fully saturated rings. The molecule has 1 heterocycles. The maximum absolute atomic E-state index is 9.20. The van der Waals surface area contributed by atoms with Gasteiger partial charge < -0.3 is 10.0 Å². The second kappa shape index (κ2) is 3.92. The van der Waals surface area contributed by atoms with Crippen molar-refractivity contribution < 1.29 is 5.11 Å². The summed E-state index contributed by atoms with van der Waals surface area (Å²) in [6, 6.07) is 1.85. The van der Waals surface area contributed by atoms with Gasteiger partial charge in [0.05, 0.1) is 12.1 Å². The number of aliphatic hydroxyl groups excluding tert-OH is 1. The molecule has 1 N–H and O–H groups in total. The molecule has 0 aliphatic heterocycles. The third-order valence-electron chi connectivity index (χ3n) is 2.38. The van der Waals surface area contributed by atoms with Crippen LogP contribution in [0.1, 0.15) is 19.5 Å². The van der Waals surface area contributed by atoms with Crippen molar-refractivity contribution in [1.29, 1.82) is 0 Å². The van der Waals surface area contributed by atoms with Crippen LogP contribution in [0, 0.1) is 6.92 Å². The van der Waals surface area contributed by atoms with Gasteiger partial charge in [-0.15, -0.1) is 0 Å². The molecule has 1 aromatic heterocycles. The van der Waals surface area contributed by atoms with Gasteiger partial charge in [0.15, 0.2) is 0 Å². The van der Waals surface area contributed by atoms with Gasteiger partial charge in [-0.1, -0.05) is 0 Å². The Balaban J connectivity index is 2.94. The van der Waals surface area contributed by atoms with E-state index in [4.69, 9.17) is 0 Å². The number of likely N-dealkylation sites (N-methyl/N-ethyl adjacent to an activating group) is 1. The first-order valence-corrected chi connectivity index (χ1v) is 4.62. The van der Waals surface area contributed by atoms with Crippen LogP contribution in [-0.4, -0.2) is 34.3 Å². The first-order valence-electron chi connectivity index (χ1n) is 4.62. The monoisotopic (exact) mass is 195 g/mol. The van der Waals surface area contributed by atoms with Gasteiger partial charge in [-0.05, 0) is 26.8 Å². The highest BCUT2D eigenvalue weighted by atomic mass is 16.3. The van der Waals surface area contributed by atoms with Gasteiger partial charge in [-0.3, -0.25) is 0 Å². The number of nitrogens with zero attached hydrogens (tertiary/aromatic N) is 3. The van der Waals surface area contributed by atoms with Crippen LogP contribution in [0.25, 0.3) is 0 Å². The van der Waals surface area contributed by atoms with Crippen LogP contribution in [-0.2, 0) is 0 Å². The van der Waals surface area contributed by atoms with Gasteiger partial charge in [-0.25, -0.2) is 9.97 Å². The zero-order chi connectivity index (χ0) is 10.8. The minimum Gasteiger partial charge on any atom is -0.394 e. The second-order valence-corrected chi connectivity index (χ2v) is 4.03. The number of aliphatic hydroxyl groups is 1. The van der Waals surface area contributed by atoms with Gasteiger partial charge in [0.2, 0.25) is 5.95 Å². The van der Waals surface area contributed by atoms with Crippen molar-refractivity contribution in [1.82, 2.24) is 9.97 Å². The van der Waals surface area contributed by atoms with E-state index < -0.39 is 0 Å². The van der Waals surface area contributed by atoms with Crippen LogP contribution in [0.4, 0.5) is 5.95 Å². The van der Waals surface area contributed by atoms with E-state index in [0.29, 0.717) is 5.95 Å². The summed E-state index contributed by atoms with van der Waals surface area (Å²) in [5.41, 5.74) is 0.587. The molecular weight excluding hydrogens is 178 g/mol. The molecule has 0 aromatic carbocycles. The van der Waals surface area contributed by atoms with E-state index in [1.165, 1.54) is 0 Å². The van der Waals surface area contributed by atoms with Crippen molar-refractivity contribution in [2.24, 2.45) is 0 Å². The molecule has 78 valence electrons. The van der Waals surface area contributed by atoms with Crippen LogP contribution < -0.4 is 4.90 Å². The highest BCUT2D eigenvalue weighted by Crippen LogP contribution is 2.17. The van der Waals surface area contributed by atoms with Crippen molar-refractivity contribution in [3.63, 3.8) is 0 Å². The van der Waals surface area contributed by atoms with E-state index >= 15 is 0 Å².